The molecule has 0 spiro atoms. The van der Waals surface area contributed by atoms with E-state index in [0.29, 0.717) is 0 Å². The molecular weight excluding hydrogens is 116 g/mol. The van der Waals surface area contributed by atoms with Gasteiger partial charge in [0.15, 0.2) is 0 Å². The SMILES string of the molecule is [CH2]c1cc(=O)[nH]n1CC. The first kappa shape index (κ1) is 6.13. The van der Waals surface area contributed by atoms with Crippen molar-refractivity contribution in [1.82, 2.24) is 9.78 Å². The highest BCUT2D eigenvalue weighted by atomic mass is 16.1. The second-order valence-electron chi connectivity index (χ2n) is 1.86. The number of H-pyrrole nitrogens is 1. The van der Waals surface area contributed by atoms with Gasteiger partial charge in [-0.15, -0.1) is 0 Å². The predicted molar refractivity (Wildman–Crippen MR) is 35.2 cm³/mol. The molecular formula is C6H9N2O. The van der Waals surface area contributed by atoms with Gasteiger partial charge in [-0.05, 0) is 13.8 Å². The van der Waals surface area contributed by atoms with Gasteiger partial charge in [-0.3, -0.25) is 14.6 Å². The van der Waals surface area contributed by atoms with Gasteiger partial charge >= 0.3 is 0 Å². The smallest absolute Gasteiger partial charge is 0.264 e. The molecule has 0 bridgehead atoms. The molecule has 49 valence electrons. The van der Waals surface area contributed by atoms with E-state index in [9.17, 15) is 4.79 Å². The Morgan fingerprint density at radius 1 is 1.89 bits per heavy atom. The van der Waals surface area contributed by atoms with Gasteiger partial charge in [0.1, 0.15) is 0 Å². The maximum atomic E-state index is 10.6. The molecule has 0 aliphatic carbocycles. The molecule has 3 heteroatoms. The van der Waals surface area contributed by atoms with E-state index in [-0.39, 0.29) is 5.56 Å². The molecule has 1 radical (unpaired) electrons. The molecule has 0 saturated heterocycles. The Morgan fingerprint density at radius 2 is 2.56 bits per heavy atom. The van der Waals surface area contributed by atoms with E-state index in [1.54, 1.807) is 4.68 Å². The maximum Gasteiger partial charge on any atom is 0.264 e. The zero-order valence-electron chi connectivity index (χ0n) is 5.35. The summed E-state index contributed by atoms with van der Waals surface area (Å²) < 4.78 is 1.70. The van der Waals surface area contributed by atoms with E-state index in [0.717, 1.165) is 12.2 Å². The van der Waals surface area contributed by atoms with Crippen LogP contribution in [0.3, 0.4) is 0 Å². The summed E-state index contributed by atoms with van der Waals surface area (Å²) in [5.41, 5.74) is 0.657. The van der Waals surface area contributed by atoms with Crippen molar-refractivity contribution in [2.24, 2.45) is 0 Å². The number of aryl methyl sites for hydroxylation is 1. The summed E-state index contributed by atoms with van der Waals surface area (Å²) in [6.07, 6.45) is 0. The number of aromatic nitrogens is 2. The number of rotatable bonds is 1. The summed E-state index contributed by atoms with van der Waals surface area (Å²) in [4.78, 5) is 10.6. The van der Waals surface area contributed by atoms with Crippen LogP contribution >= 0.6 is 0 Å². The third kappa shape index (κ3) is 1.04. The van der Waals surface area contributed by atoms with Gasteiger partial charge in [-0.25, -0.2) is 0 Å². The van der Waals surface area contributed by atoms with Crippen LogP contribution in [0.1, 0.15) is 12.6 Å². The fourth-order valence-corrected chi connectivity index (χ4v) is 0.748. The second-order valence-corrected chi connectivity index (χ2v) is 1.86. The average Bonchev–Trinajstić information content (AvgIpc) is 2.10. The van der Waals surface area contributed by atoms with Crippen molar-refractivity contribution in [2.45, 2.75) is 13.5 Å². The molecule has 1 N–H and O–H groups in total. The topological polar surface area (TPSA) is 37.8 Å². The Hall–Kier alpha value is -0.990. The van der Waals surface area contributed by atoms with Crippen LogP contribution in [-0.2, 0) is 6.54 Å². The van der Waals surface area contributed by atoms with Gasteiger partial charge in [-0.2, -0.15) is 0 Å². The van der Waals surface area contributed by atoms with E-state index in [4.69, 9.17) is 0 Å². The zero-order valence-corrected chi connectivity index (χ0v) is 5.35. The van der Waals surface area contributed by atoms with Crippen LogP contribution in [0.4, 0.5) is 0 Å². The molecule has 0 atom stereocenters. The Morgan fingerprint density at radius 3 is 2.78 bits per heavy atom. The van der Waals surface area contributed by atoms with Crippen LogP contribution in [0.25, 0.3) is 0 Å². The van der Waals surface area contributed by atoms with Crippen LogP contribution in [0, 0.1) is 6.92 Å². The van der Waals surface area contributed by atoms with Gasteiger partial charge < -0.3 is 0 Å². The molecule has 0 saturated carbocycles. The zero-order chi connectivity index (χ0) is 6.85. The monoisotopic (exact) mass is 125 g/mol. The summed E-state index contributed by atoms with van der Waals surface area (Å²) in [6, 6.07) is 1.48. The van der Waals surface area contributed by atoms with E-state index < -0.39 is 0 Å². The molecule has 1 aromatic rings. The number of hydrogen-bond donors (Lipinski definition) is 1. The molecule has 0 aliphatic rings. The Bertz CT molecular complexity index is 246. The quantitative estimate of drug-likeness (QED) is 0.578. The lowest BCUT2D eigenvalue weighted by molar-refractivity contribution is 0.642. The first-order valence-corrected chi connectivity index (χ1v) is 2.86. The molecule has 0 unspecified atom stereocenters. The Kier molecular flexibility index (Phi) is 1.42. The number of aromatic amines is 1. The average molecular weight is 125 g/mol. The minimum absolute atomic E-state index is 0.0816. The lowest BCUT2D eigenvalue weighted by Gasteiger charge is -1.96. The van der Waals surface area contributed by atoms with Gasteiger partial charge in [0, 0.05) is 18.3 Å². The lowest BCUT2D eigenvalue weighted by Crippen LogP contribution is -2.04. The number of nitrogens with zero attached hydrogens (tertiary/aromatic N) is 1. The Labute approximate surface area is 53.3 Å². The largest absolute Gasteiger partial charge is 0.289 e. The molecule has 0 aromatic carbocycles. The normalized spacial score (nSPS) is 10.0. The molecule has 9 heavy (non-hydrogen) atoms. The minimum atomic E-state index is -0.0816. The number of nitrogens with one attached hydrogen (secondary N) is 1. The van der Waals surface area contributed by atoms with E-state index in [1.807, 2.05) is 6.92 Å². The summed E-state index contributed by atoms with van der Waals surface area (Å²) >= 11 is 0. The molecule has 1 rings (SSSR count). The van der Waals surface area contributed by atoms with E-state index in [2.05, 4.69) is 12.0 Å². The third-order valence-corrected chi connectivity index (χ3v) is 1.21. The van der Waals surface area contributed by atoms with Gasteiger partial charge in [0.2, 0.25) is 0 Å². The summed E-state index contributed by atoms with van der Waals surface area (Å²) in [5, 5.41) is 2.59. The van der Waals surface area contributed by atoms with Crippen LogP contribution in [-0.4, -0.2) is 9.78 Å². The summed E-state index contributed by atoms with van der Waals surface area (Å²) in [6.45, 7) is 6.36. The molecule has 3 nitrogen and oxygen atoms in total. The van der Waals surface area contributed by atoms with Crippen LogP contribution in [0.2, 0.25) is 0 Å². The number of hydrogen-bond acceptors (Lipinski definition) is 1. The predicted octanol–water partition coefficient (Wildman–Crippen LogP) is 0.378. The highest BCUT2D eigenvalue weighted by Gasteiger charge is 1.93. The van der Waals surface area contributed by atoms with Crippen molar-refractivity contribution >= 4 is 0 Å². The van der Waals surface area contributed by atoms with Crippen molar-refractivity contribution in [3.63, 3.8) is 0 Å². The van der Waals surface area contributed by atoms with Gasteiger partial charge in [0.05, 0.1) is 0 Å². The third-order valence-electron chi connectivity index (χ3n) is 1.21. The highest BCUT2D eigenvalue weighted by Crippen LogP contribution is 1.88. The van der Waals surface area contributed by atoms with E-state index in [1.165, 1.54) is 6.07 Å². The molecule has 0 fully saturated rings. The van der Waals surface area contributed by atoms with Gasteiger partial charge in [0.25, 0.3) is 5.56 Å². The molecule has 0 aliphatic heterocycles. The molecule has 0 amide bonds. The second kappa shape index (κ2) is 2.09. The van der Waals surface area contributed by atoms with Crippen LogP contribution in [0.5, 0.6) is 0 Å². The summed E-state index contributed by atoms with van der Waals surface area (Å²) in [7, 11) is 0. The first-order valence-electron chi connectivity index (χ1n) is 2.86. The van der Waals surface area contributed by atoms with Crippen molar-refractivity contribution in [3.8, 4) is 0 Å². The standard InChI is InChI=1S/C6H9N2O/c1-3-8-5(2)4-6(9)7-8/h4H,2-3H2,1H3,(H,7,9). The van der Waals surface area contributed by atoms with Crippen molar-refractivity contribution in [1.29, 1.82) is 0 Å². The van der Waals surface area contributed by atoms with E-state index >= 15 is 0 Å². The summed E-state index contributed by atoms with van der Waals surface area (Å²) in [5.74, 6) is 0. The van der Waals surface area contributed by atoms with Crippen molar-refractivity contribution < 1.29 is 0 Å². The minimum Gasteiger partial charge on any atom is -0.289 e. The Balaban J connectivity index is 3.16. The van der Waals surface area contributed by atoms with Crippen LogP contribution in [0.15, 0.2) is 10.9 Å². The van der Waals surface area contributed by atoms with Crippen molar-refractivity contribution in [3.05, 3.63) is 29.0 Å². The molecule has 1 heterocycles. The molecule has 1 aromatic heterocycles. The van der Waals surface area contributed by atoms with Crippen LogP contribution < -0.4 is 5.56 Å². The first-order chi connectivity index (χ1) is 4.24. The lowest BCUT2D eigenvalue weighted by atomic mass is 10.5. The highest BCUT2D eigenvalue weighted by molar-refractivity contribution is 5.03. The maximum absolute atomic E-state index is 10.6. The van der Waals surface area contributed by atoms with Gasteiger partial charge in [-0.1, -0.05) is 0 Å². The fraction of sp³-hybridized carbons (Fsp3) is 0.333. The van der Waals surface area contributed by atoms with Crippen molar-refractivity contribution in [2.75, 3.05) is 0 Å². The fourth-order valence-electron chi connectivity index (χ4n) is 0.748.